The van der Waals surface area contributed by atoms with E-state index < -0.39 is 0 Å². The minimum atomic E-state index is 0.194. The maximum atomic E-state index is 6.25. The number of halogens is 4. The molecule has 0 bridgehead atoms. The third-order valence-corrected chi connectivity index (χ3v) is 5.38. The van der Waals surface area contributed by atoms with Gasteiger partial charge in [-0.2, -0.15) is 10.2 Å². The van der Waals surface area contributed by atoms with E-state index in [0.717, 1.165) is 22.6 Å². The molecule has 0 amide bonds. The van der Waals surface area contributed by atoms with E-state index in [-0.39, 0.29) is 11.8 Å². The highest BCUT2D eigenvalue weighted by Gasteiger charge is 2.06. The molecule has 0 saturated carbocycles. The molecule has 2 rings (SSSR count). The molecular formula is C24H24Cl4N2. The van der Waals surface area contributed by atoms with Crippen LogP contribution in [0.15, 0.2) is 58.8 Å². The minimum absolute atomic E-state index is 0.194. The number of hydrogen-bond acceptors (Lipinski definition) is 2. The van der Waals surface area contributed by atoms with Crippen LogP contribution in [0.25, 0.3) is 12.2 Å². The van der Waals surface area contributed by atoms with Gasteiger partial charge in [-0.05, 0) is 59.4 Å². The van der Waals surface area contributed by atoms with Crippen molar-refractivity contribution >= 4 is 70.0 Å². The third kappa shape index (κ3) is 7.59. The fourth-order valence-corrected chi connectivity index (χ4v) is 3.36. The van der Waals surface area contributed by atoms with Crippen LogP contribution in [-0.4, -0.2) is 11.4 Å². The van der Waals surface area contributed by atoms with Crippen molar-refractivity contribution < 1.29 is 0 Å². The van der Waals surface area contributed by atoms with Gasteiger partial charge in [0.2, 0.25) is 0 Å². The van der Waals surface area contributed by atoms with Crippen molar-refractivity contribution in [2.24, 2.45) is 22.0 Å². The molecule has 0 aliphatic rings. The summed E-state index contributed by atoms with van der Waals surface area (Å²) >= 11 is 24.4. The number of nitrogens with zero attached hydrogens (tertiary/aromatic N) is 2. The van der Waals surface area contributed by atoms with Gasteiger partial charge in [0.1, 0.15) is 0 Å². The third-order valence-electron chi connectivity index (χ3n) is 4.26. The Morgan fingerprint density at radius 2 is 1.03 bits per heavy atom. The van der Waals surface area contributed by atoms with E-state index in [9.17, 15) is 0 Å². The Hall–Kier alpha value is -1.58. The van der Waals surface area contributed by atoms with E-state index in [1.807, 2.05) is 36.4 Å². The summed E-state index contributed by atoms with van der Waals surface area (Å²) in [5, 5.41) is 11.4. The van der Waals surface area contributed by atoms with E-state index >= 15 is 0 Å². The van der Waals surface area contributed by atoms with Gasteiger partial charge in [-0.1, -0.05) is 98.4 Å². The zero-order chi connectivity index (χ0) is 22.3. The number of rotatable bonds is 7. The van der Waals surface area contributed by atoms with Gasteiger partial charge in [0.25, 0.3) is 0 Å². The van der Waals surface area contributed by atoms with Crippen molar-refractivity contribution in [1.82, 2.24) is 0 Å². The van der Waals surface area contributed by atoms with E-state index in [1.54, 1.807) is 24.3 Å². The van der Waals surface area contributed by atoms with Crippen LogP contribution in [0.5, 0.6) is 0 Å². The average Bonchev–Trinajstić information content (AvgIpc) is 2.66. The highest BCUT2D eigenvalue weighted by atomic mass is 35.5. The zero-order valence-corrected chi connectivity index (χ0v) is 20.4. The predicted octanol–water partition coefficient (Wildman–Crippen LogP) is 9.14. The SMILES string of the molecule is CC(C)C(/C=C/c1ccc(Cl)cc1Cl)=N\N=C(\C=C\c1ccc(Cl)cc1Cl)C(C)C. The topological polar surface area (TPSA) is 24.7 Å². The summed E-state index contributed by atoms with van der Waals surface area (Å²) in [4.78, 5) is 0. The Bertz CT molecular complexity index is 921. The largest absolute Gasteiger partial charge is 0.155 e. The van der Waals surface area contributed by atoms with Gasteiger partial charge < -0.3 is 0 Å². The van der Waals surface area contributed by atoms with Crippen LogP contribution >= 0.6 is 46.4 Å². The summed E-state index contributed by atoms with van der Waals surface area (Å²) in [6, 6.07) is 10.8. The molecule has 0 spiro atoms. The van der Waals surface area contributed by atoms with Gasteiger partial charge in [-0.25, -0.2) is 0 Å². The van der Waals surface area contributed by atoms with Crippen molar-refractivity contribution in [2.45, 2.75) is 27.7 Å². The van der Waals surface area contributed by atoms with Gasteiger partial charge in [-0.3, -0.25) is 0 Å². The van der Waals surface area contributed by atoms with Crippen molar-refractivity contribution in [3.05, 3.63) is 79.8 Å². The van der Waals surface area contributed by atoms with E-state index in [2.05, 4.69) is 37.9 Å². The Morgan fingerprint density at radius 3 is 1.33 bits per heavy atom. The van der Waals surface area contributed by atoms with Crippen LogP contribution in [0.2, 0.25) is 20.1 Å². The first-order valence-electron chi connectivity index (χ1n) is 9.59. The molecule has 2 aromatic carbocycles. The summed E-state index contributed by atoms with van der Waals surface area (Å²) in [6.07, 6.45) is 7.71. The predicted molar refractivity (Wildman–Crippen MR) is 136 cm³/mol. The smallest absolute Gasteiger partial charge is 0.0656 e. The molecule has 0 atom stereocenters. The van der Waals surface area contributed by atoms with Gasteiger partial charge in [-0.15, -0.1) is 0 Å². The molecule has 0 saturated heterocycles. The lowest BCUT2D eigenvalue weighted by Gasteiger charge is -2.07. The van der Waals surface area contributed by atoms with Crippen molar-refractivity contribution in [3.8, 4) is 0 Å². The molecule has 6 heteroatoms. The molecule has 0 unspecified atom stereocenters. The average molecular weight is 482 g/mol. The molecule has 0 aromatic heterocycles. The van der Waals surface area contributed by atoms with Crippen molar-refractivity contribution in [2.75, 3.05) is 0 Å². The van der Waals surface area contributed by atoms with Crippen LogP contribution < -0.4 is 0 Å². The lowest BCUT2D eigenvalue weighted by Crippen LogP contribution is -2.06. The number of hydrogen-bond donors (Lipinski definition) is 0. The van der Waals surface area contributed by atoms with Crippen LogP contribution in [0.1, 0.15) is 38.8 Å². The molecule has 2 nitrogen and oxygen atoms in total. The van der Waals surface area contributed by atoms with E-state index in [1.165, 1.54) is 0 Å². The molecular weight excluding hydrogens is 458 g/mol. The molecule has 0 fully saturated rings. The molecule has 158 valence electrons. The fourth-order valence-electron chi connectivity index (χ4n) is 2.42. The molecule has 30 heavy (non-hydrogen) atoms. The van der Waals surface area contributed by atoms with Crippen LogP contribution in [0.3, 0.4) is 0 Å². The summed E-state index contributed by atoms with van der Waals surface area (Å²) in [7, 11) is 0. The molecule has 0 aliphatic heterocycles. The maximum absolute atomic E-state index is 6.25. The minimum Gasteiger partial charge on any atom is -0.155 e. The van der Waals surface area contributed by atoms with E-state index in [0.29, 0.717) is 20.1 Å². The molecule has 0 radical (unpaired) electrons. The maximum Gasteiger partial charge on any atom is 0.0656 e. The highest BCUT2D eigenvalue weighted by molar-refractivity contribution is 6.36. The van der Waals surface area contributed by atoms with E-state index in [4.69, 9.17) is 46.4 Å². The van der Waals surface area contributed by atoms with Crippen molar-refractivity contribution in [3.63, 3.8) is 0 Å². The van der Waals surface area contributed by atoms with Crippen LogP contribution in [0.4, 0.5) is 0 Å². The Kier molecular flexibility index (Phi) is 9.64. The normalized spacial score (nSPS) is 13.4. The van der Waals surface area contributed by atoms with Gasteiger partial charge in [0.05, 0.1) is 11.4 Å². The Morgan fingerprint density at radius 1 is 0.667 bits per heavy atom. The van der Waals surface area contributed by atoms with Gasteiger partial charge >= 0.3 is 0 Å². The Balaban J connectivity index is 2.30. The number of allylic oxidation sites excluding steroid dienone is 2. The van der Waals surface area contributed by atoms with Crippen LogP contribution in [0, 0.1) is 11.8 Å². The van der Waals surface area contributed by atoms with Gasteiger partial charge in [0.15, 0.2) is 0 Å². The highest BCUT2D eigenvalue weighted by Crippen LogP contribution is 2.23. The molecule has 0 aliphatic carbocycles. The van der Waals surface area contributed by atoms with Gasteiger partial charge in [0, 0.05) is 20.1 Å². The Labute approximate surface area is 198 Å². The molecule has 0 N–H and O–H groups in total. The first-order chi connectivity index (χ1) is 14.2. The summed E-state index contributed by atoms with van der Waals surface area (Å²) in [5.41, 5.74) is 3.44. The quantitative estimate of drug-likeness (QED) is 0.278. The van der Waals surface area contributed by atoms with Crippen molar-refractivity contribution in [1.29, 1.82) is 0 Å². The first-order valence-corrected chi connectivity index (χ1v) is 11.1. The molecule has 2 aromatic rings. The monoisotopic (exact) mass is 480 g/mol. The first kappa shape index (κ1) is 24.7. The zero-order valence-electron chi connectivity index (χ0n) is 17.3. The molecule has 0 heterocycles. The lowest BCUT2D eigenvalue weighted by atomic mass is 10.1. The second kappa shape index (κ2) is 11.7. The second-order valence-corrected chi connectivity index (χ2v) is 9.04. The summed E-state index contributed by atoms with van der Waals surface area (Å²) in [6.45, 7) is 8.28. The van der Waals surface area contributed by atoms with Crippen LogP contribution in [-0.2, 0) is 0 Å². The standard InChI is InChI=1S/C24H24Cl4N2/c1-15(2)23(11-7-17-5-9-19(25)13-21(17)27)29-30-24(16(3)4)12-8-18-6-10-20(26)14-22(18)28/h5-16H,1-4H3/b11-7+,12-8+,29-23-,30-24-. The summed E-state index contributed by atoms with van der Waals surface area (Å²) in [5.74, 6) is 0.387. The summed E-state index contributed by atoms with van der Waals surface area (Å²) < 4.78 is 0. The fraction of sp³-hybridized carbons (Fsp3) is 0.250. The lowest BCUT2D eigenvalue weighted by molar-refractivity contribution is 0.864. The number of benzene rings is 2. The second-order valence-electron chi connectivity index (χ2n) is 7.36.